The lowest BCUT2D eigenvalue weighted by Gasteiger charge is -2.21. The summed E-state index contributed by atoms with van der Waals surface area (Å²) in [5.74, 6) is 0.833. The van der Waals surface area contributed by atoms with Gasteiger partial charge in [-0.2, -0.15) is 0 Å². The summed E-state index contributed by atoms with van der Waals surface area (Å²) in [6.07, 6.45) is 44.6. The summed E-state index contributed by atoms with van der Waals surface area (Å²) in [5, 5.41) is 10.6. The highest BCUT2D eigenvalue weighted by Crippen LogP contribution is 2.45. The van der Waals surface area contributed by atoms with Crippen LogP contribution in [0.3, 0.4) is 0 Å². The van der Waals surface area contributed by atoms with Crippen molar-refractivity contribution in [2.24, 2.45) is 23.7 Å². The Kier molecular flexibility index (Phi) is 60.3. The molecule has 0 heterocycles. The molecule has 0 rings (SSSR count). The minimum absolute atomic E-state index is 0.103. The fourth-order valence-corrected chi connectivity index (χ4v) is 12.4. The van der Waals surface area contributed by atoms with Crippen LogP contribution in [0, 0.1) is 23.7 Å². The summed E-state index contributed by atoms with van der Waals surface area (Å²) >= 11 is 0. The van der Waals surface area contributed by atoms with Gasteiger partial charge in [-0.25, -0.2) is 9.13 Å². The number of carbonyl (C=O) groups excluding carboxylic acids is 4. The molecule has 0 saturated carbocycles. The quantitative estimate of drug-likeness (QED) is 0.0222. The first-order valence-electron chi connectivity index (χ1n) is 37.2. The SMILES string of the molecule is CC(C)CCCCCCCCCCCCCCCCC(=O)OC[C@H](COP(=O)(O)OC[C@@H](O)COP(=O)(O)OC[C@@H](COC(=O)CCCCCCCCC(C)C)OC(=O)CCCCCCCCCCC(C)C)OC(=O)CCCCCCCCCCCCCC(C)C. The Morgan fingerprint density at radius 1 is 0.275 bits per heavy atom. The van der Waals surface area contributed by atoms with E-state index in [-0.39, 0.29) is 25.7 Å². The molecule has 0 aliphatic rings. The highest BCUT2D eigenvalue weighted by molar-refractivity contribution is 7.47. The standard InChI is InChI=1S/C72H140O17P2/c1-62(2)48-40-32-24-18-14-11-9-10-12-16-20-27-36-44-52-69(74)82-58-67(88-71(76)54-46-38-28-21-17-13-15-19-25-33-41-49-63(3)4)60-86-90(78,79)84-56-66(73)57-85-91(80,81)87-61-68(59-83-70(75)53-45-37-31-30-35-43-51-65(7)8)89-72(77)55-47-39-29-23-22-26-34-42-50-64(5)6/h62-68,73H,9-61H2,1-8H3,(H,78,79)(H,80,81)/t66-,67-,68-/m1/s1. The maximum absolute atomic E-state index is 13.0. The van der Waals surface area contributed by atoms with Crippen molar-refractivity contribution in [3.8, 4) is 0 Å². The van der Waals surface area contributed by atoms with Crippen LogP contribution in [-0.4, -0.2) is 96.7 Å². The Bertz CT molecular complexity index is 1800. The molecular formula is C72H140O17P2. The van der Waals surface area contributed by atoms with Gasteiger partial charge in [0.15, 0.2) is 12.2 Å². The van der Waals surface area contributed by atoms with E-state index in [1.54, 1.807) is 0 Å². The number of rotatable bonds is 69. The molecule has 5 atom stereocenters. The van der Waals surface area contributed by atoms with Gasteiger partial charge in [-0.05, 0) is 49.4 Å². The summed E-state index contributed by atoms with van der Waals surface area (Å²) < 4.78 is 68.3. The number of unbranched alkanes of at least 4 members (excludes halogenated alkanes) is 35. The van der Waals surface area contributed by atoms with Crippen molar-refractivity contribution in [2.45, 2.75) is 375 Å². The van der Waals surface area contributed by atoms with Crippen LogP contribution in [0.5, 0.6) is 0 Å². The van der Waals surface area contributed by atoms with Crippen molar-refractivity contribution in [1.82, 2.24) is 0 Å². The van der Waals surface area contributed by atoms with E-state index in [1.165, 1.54) is 154 Å². The highest BCUT2D eigenvalue weighted by atomic mass is 31.2. The second-order valence-electron chi connectivity index (χ2n) is 27.9. The van der Waals surface area contributed by atoms with Crippen LogP contribution in [0.1, 0.15) is 357 Å². The second-order valence-corrected chi connectivity index (χ2v) is 30.8. The molecule has 17 nitrogen and oxygen atoms in total. The summed E-state index contributed by atoms with van der Waals surface area (Å²) in [5.41, 5.74) is 0. The average Bonchev–Trinajstić information content (AvgIpc) is 3.46. The van der Waals surface area contributed by atoms with Gasteiger partial charge in [0.05, 0.1) is 26.4 Å². The van der Waals surface area contributed by atoms with Gasteiger partial charge in [-0.1, -0.05) is 306 Å². The fraction of sp³-hybridized carbons (Fsp3) is 0.944. The minimum atomic E-state index is -4.95. The van der Waals surface area contributed by atoms with E-state index in [9.17, 15) is 43.2 Å². The molecule has 91 heavy (non-hydrogen) atoms. The maximum atomic E-state index is 13.0. The van der Waals surface area contributed by atoms with Gasteiger partial charge in [0.2, 0.25) is 0 Å². The van der Waals surface area contributed by atoms with Gasteiger partial charge < -0.3 is 33.8 Å². The molecule has 0 aliphatic heterocycles. The topological polar surface area (TPSA) is 237 Å². The first kappa shape index (κ1) is 89.1. The first-order valence-corrected chi connectivity index (χ1v) is 40.2. The highest BCUT2D eigenvalue weighted by Gasteiger charge is 2.30. The molecule has 0 amide bonds. The number of aliphatic hydroxyl groups is 1. The fourth-order valence-electron chi connectivity index (χ4n) is 10.8. The number of esters is 4. The molecular weight excluding hydrogens is 1200 g/mol. The van der Waals surface area contributed by atoms with Crippen LogP contribution in [0.2, 0.25) is 0 Å². The lowest BCUT2D eigenvalue weighted by atomic mass is 10.0. The van der Waals surface area contributed by atoms with E-state index < -0.39 is 97.5 Å². The predicted molar refractivity (Wildman–Crippen MR) is 367 cm³/mol. The van der Waals surface area contributed by atoms with E-state index in [4.69, 9.17) is 37.0 Å². The zero-order valence-corrected chi connectivity index (χ0v) is 61.3. The summed E-state index contributed by atoms with van der Waals surface area (Å²) in [7, 11) is -9.90. The Morgan fingerprint density at radius 2 is 0.462 bits per heavy atom. The van der Waals surface area contributed by atoms with Gasteiger partial charge >= 0.3 is 39.5 Å². The molecule has 19 heteroatoms. The summed E-state index contributed by atoms with van der Waals surface area (Å²) in [4.78, 5) is 72.6. The van der Waals surface area contributed by atoms with E-state index in [0.29, 0.717) is 31.6 Å². The Hall–Kier alpha value is -1.94. The van der Waals surface area contributed by atoms with Crippen LogP contribution in [0.25, 0.3) is 0 Å². The van der Waals surface area contributed by atoms with Crippen LogP contribution in [0.15, 0.2) is 0 Å². The number of phosphoric ester groups is 2. The third-order valence-corrected chi connectivity index (χ3v) is 18.5. The van der Waals surface area contributed by atoms with Crippen molar-refractivity contribution in [2.75, 3.05) is 39.6 Å². The Balaban J connectivity index is 5.23. The van der Waals surface area contributed by atoms with E-state index in [2.05, 4.69) is 55.4 Å². The maximum Gasteiger partial charge on any atom is 0.472 e. The largest absolute Gasteiger partial charge is 0.472 e. The van der Waals surface area contributed by atoms with Crippen molar-refractivity contribution in [1.29, 1.82) is 0 Å². The molecule has 0 aromatic carbocycles. The van der Waals surface area contributed by atoms with Crippen molar-refractivity contribution in [3.63, 3.8) is 0 Å². The molecule has 0 bridgehead atoms. The molecule has 540 valence electrons. The van der Waals surface area contributed by atoms with Gasteiger partial charge in [0.1, 0.15) is 19.3 Å². The molecule has 0 aromatic rings. The Morgan fingerprint density at radius 3 is 0.681 bits per heavy atom. The van der Waals surface area contributed by atoms with E-state index in [1.807, 2.05) is 0 Å². The van der Waals surface area contributed by atoms with Gasteiger partial charge in [-0.3, -0.25) is 37.3 Å². The predicted octanol–water partition coefficient (Wildman–Crippen LogP) is 20.5. The molecule has 0 aliphatic carbocycles. The minimum Gasteiger partial charge on any atom is -0.462 e. The summed E-state index contributed by atoms with van der Waals surface area (Å²) in [6, 6.07) is 0. The zero-order chi connectivity index (χ0) is 67.5. The van der Waals surface area contributed by atoms with E-state index >= 15 is 0 Å². The van der Waals surface area contributed by atoms with Crippen molar-refractivity contribution >= 4 is 39.5 Å². The smallest absolute Gasteiger partial charge is 0.462 e. The van der Waals surface area contributed by atoms with E-state index in [0.717, 1.165) is 114 Å². The number of hydrogen-bond acceptors (Lipinski definition) is 15. The van der Waals surface area contributed by atoms with Gasteiger partial charge in [-0.15, -0.1) is 0 Å². The first-order chi connectivity index (χ1) is 43.6. The van der Waals surface area contributed by atoms with Crippen LogP contribution in [-0.2, 0) is 65.4 Å². The average molecular weight is 1340 g/mol. The lowest BCUT2D eigenvalue weighted by molar-refractivity contribution is -0.161. The number of ether oxygens (including phenoxy) is 4. The van der Waals surface area contributed by atoms with Gasteiger partial charge in [0, 0.05) is 25.7 Å². The number of hydrogen-bond donors (Lipinski definition) is 3. The van der Waals surface area contributed by atoms with Crippen LogP contribution in [0.4, 0.5) is 0 Å². The molecule has 0 aromatic heterocycles. The van der Waals surface area contributed by atoms with Crippen molar-refractivity contribution in [3.05, 3.63) is 0 Å². The number of carbonyl (C=O) groups is 4. The molecule has 0 spiro atoms. The third-order valence-electron chi connectivity index (χ3n) is 16.6. The number of phosphoric acid groups is 2. The van der Waals surface area contributed by atoms with Gasteiger partial charge in [0.25, 0.3) is 0 Å². The lowest BCUT2D eigenvalue weighted by Crippen LogP contribution is -2.30. The van der Waals surface area contributed by atoms with Crippen LogP contribution >= 0.6 is 15.6 Å². The molecule has 3 N–H and O–H groups in total. The number of aliphatic hydroxyl groups excluding tert-OH is 1. The third kappa shape index (κ3) is 66.5. The molecule has 0 radical (unpaired) electrons. The van der Waals surface area contributed by atoms with Crippen LogP contribution < -0.4 is 0 Å². The normalized spacial score (nSPS) is 14.2. The molecule has 2 unspecified atom stereocenters. The second kappa shape index (κ2) is 61.6. The monoisotopic (exact) mass is 1340 g/mol. The van der Waals surface area contributed by atoms with Crippen molar-refractivity contribution < 1.29 is 80.2 Å². The summed E-state index contributed by atoms with van der Waals surface area (Å²) in [6.45, 7) is 14.1. The zero-order valence-electron chi connectivity index (χ0n) is 59.5. The molecule has 0 fully saturated rings. The molecule has 0 saturated heterocycles. The Labute approximate surface area is 556 Å².